The second kappa shape index (κ2) is 9.73. The van der Waals surface area contributed by atoms with Crippen LogP contribution in [0, 0.1) is 0 Å². The molecular formula is C20H21ClN2O4. The lowest BCUT2D eigenvalue weighted by molar-refractivity contribution is -0.138. The first-order chi connectivity index (χ1) is 12.9. The molecule has 6 nitrogen and oxygen atoms in total. The van der Waals surface area contributed by atoms with E-state index >= 15 is 0 Å². The molecule has 27 heavy (non-hydrogen) atoms. The molecule has 2 rings (SSSR count). The molecule has 0 aromatic heterocycles. The third-order valence-corrected chi connectivity index (χ3v) is 4.29. The molecule has 1 atom stereocenters. The molecule has 0 spiro atoms. The van der Waals surface area contributed by atoms with Crippen molar-refractivity contribution in [1.29, 1.82) is 0 Å². The molecule has 3 N–H and O–H groups in total. The molecule has 1 unspecified atom stereocenters. The first-order valence-electron chi connectivity index (χ1n) is 8.53. The van der Waals surface area contributed by atoms with Crippen LogP contribution < -0.4 is 10.6 Å². The first kappa shape index (κ1) is 20.5. The zero-order chi connectivity index (χ0) is 19.8. The van der Waals surface area contributed by atoms with Crippen molar-refractivity contribution in [3.05, 3.63) is 64.7 Å². The number of hydrogen-bond donors (Lipinski definition) is 3. The van der Waals surface area contributed by atoms with Crippen molar-refractivity contribution < 1.29 is 19.5 Å². The summed E-state index contributed by atoms with van der Waals surface area (Å²) in [6.07, 6.45) is 0.757. The van der Waals surface area contributed by atoms with Crippen molar-refractivity contribution in [2.75, 3.05) is 11.9 Å². The second-order valence-electron chi connectivity index (χ2n) is 6.10. The van der Waals surface area contributed by atoms with E-state index < -0.39 is 11.9 Å². The monoisotopic (exact) mass is 388 g/mol. The third kappa shape index (κ3) is 6.42. The normalized spacial score (nSPS) is 11.5. The largest absolute Gasteiger partial charge is 0.481 e. The highest BCUT2D eigenvalue weighted by molar-refractivity contribution is 6.30. The van der Waals surface area contributed by atoms with Crippen LogP contribution in [0.5, 0.6) is 0 Å². The number of carbonyl (C=O) groups excluding carboxylic acids is 2. The molecule has 0 aliphatic rings. The lowest BCUT2D eigenvalue weighted by Gasteiger charge is -2.09. The van der Waals surface area contributed by atoms with E-state index in [1.807, 2.05) is 0 Å². The molecule has 0 saturated carbocycles. The van der Waals surface area contributed by atoms with Gasteiger partial charge in [-0.25, -0.2) is 0 Å². The summed E-state index contributed by atoms with van der Waals surface area (Å²) < 4.78 is 0. The summed E-state index contributed by atoms with van der Waals surface area (Å²) in [5.74, 6) is -1.88. The minimum atomic E-state index is -0.896. The number of carboxylic acid groups (broad SMARTS) is 1. The van der Waals surface area contributed by atoms with Gasteiger partial charge in [0.15, 0.2) is 0 Å². The van der Waals surface area contributed by atoms with Gasteiger partial charge in [-0.05, 0) is 55.3 Å². The fourth-order valence-electron chi connectivity index (χ4n) is 2.38. The molecule has 0 saturated heterocycles. The summed E-state index contributed by atoms with van der Waals surface area (Å²) >= 11 is 5.78. The smallest absolute Gasteiger partial charge is 0.310 e. The number of halogens is 1. The molecular weight excluding hydrogens is 368 g/mol. The lowest BCUT2D eigenvalue weighted by atomic mass is 10.0. The fraction of sp³-hybridized carbons (Fsp3) is 0.250. The van der Waals surface area contributed by atoms with Gasteiger partial charge < -0.3 is 15.7 Å². The standard InChI is InChI=1S/C20H21ClN2O4/c1-13(20(26)27)14-6-10-17(11-7-14)23-18(24)3-2-12-22-19(25)15-4-8-16(21)9-5-15/h4-11,13H,2-3,12H2,1H3,(H,22,25)(H,23,24)(H,26,27). The van der Waals surface area contributed by atoms with E-state index in [2.05, 4.69) is 10.6 Å². The van der Waals surface area contributed by atoms with Crippen LogP contribution in [0.3, 0.4) is 0 Å². The number of amides is 2. The Bertz CT molecular complexity index is 804. The zero-order valence-corrected chi connectivity index (χ0v) is 15.6. The lowest BCUT2D eigenvalue weighted by Crippen LogP contribution is -2.25. The molecule has 0 aliphatic carbocycles. The van der Waals surface area contributed by atoms with Crippen molar-refractivity contribution in [1.82, 2.24) is 5.32 Å². The van der Waals surface area contributed by atoms with E-state index in [9.17, 15) is 14.4 Å². The van der Waals surface area contributed by atoms with Crippen molar-refractivity contribution in [2.24, 2.45) is 0 Å². The predicted molar refractivity (Wildman–Crippen MR) is 104 cm³/mol. The molecule has 0 aliphatic heterocycles. The van der Waals surface area contributed by atoms with Crippen LogP contribution in [0.25, 0.3) is 0 Å². The van der Waals surface area contributed by atoms with Gasteiger partial charge >= 0.3 is 5.97 Å². The van der Waals surface area contributed by atoms with Crippen LogP contribution >= 0.6 is 11.6 Å². The van der Waals surface area contributed by atoms with Gasteiger partial charge in [0.2, 0.25) is 5.91 Å². The average Bonchev–Trinajstić information content (AvgIpc) is 2.65. The molecule has 142 valence electrons. The maximum Gasteiger partial charge on any atom is 0.310 e. The Balaban J connectivity index is 1.72. The number of carbonyl (C=O) groups is 3. The second-order valence-corrected chi connectivity index (χ2v) is 6.53. The van der Waals surface area contributed by atoms with Crippen LogP contribution in [0.4, 0.5) is 5.69 Å². The summed E-state index contributed by atoms with van der Waals surface area (Å²) in [5.41, 5.74) is 1.79. The van der Waals surface area contributed by atoms with E-state index in [1.165, 1.54) is 0 Å². The number of anilines is 1. The highest BCUT2D eigenvalue weighted by atomic mass is 35.5. The van der Waals surface area contributed by atoms with E-state index in [1.54, 1.807) is 55.5 Å². The minimum Gasteiger partial charge on any atom is -0.481 e. The quantitative estimate of drug-likeness (QED) is 0.601. The maximum atomic E-state index is 12.0. The Hall–Kier alpha value is -2.86. The highest BCUT2D eigenvalue weighted by Gasteiger charge is 2.13. The Morgan fingerprint density at radius 2 is 1.67 bits per heavy atom. The van der Waals surface area contributed by atoms with E-state index in [0.29, 0.717) is 34.8 Å². The van der Waals surface area contributed by atoms with Gasteiger partial charge in [0, 0.05) is 29.2 Å². The van der Waals surface area contributed by atoms with Gasteiger partial charge in [-0.15, -0.1) is 0 Å². The number of hydrogen-bond acceptors (Lipinski definition) is 3. The summed E-state index contributed by atoms with van der Waals surface area (Å²) in [7, 11) is 0. The van der Waals surface area contributed by atoms with Gasteiger partial charge in [0.1, 0.15) is 0 Å². The molecule has 2 aromatic rings. The molecule has 0 heterocycles. The predicted octanol–water partition coefficient (Wildman–Crippen LogP) is 3.68. The van der Waals surface area contributed by atoms with Crippen molar-refractivity contribution in [3.8, 4) is 0 Å². The maximum absolute atomic E-state index is 12.0. The average molecular weight is 389 g/mol. The third-order valence-electron chi connectivity index (χ3n) is 4.04. The van der Waals surface area contributed by atoms with Gasteiger partial charge in [-0.3, -0.25) is 14.4 Å². The van der Waals surface area contributed by atoms with E-state index in [0.717, 1.165) is 0 Å². The fourth-order valence-corrected chi connectivity index (χ4v) is 2.50. The number of rotatable bonds is 8. The molecule has 7 heteroatoms. The van der Waals surface area contributed by atoms with Crippen molar-refractivity contribution in [3.63, 3.8) is 0 Å². The van der Waals surface area contributed by atoms with Crippen molar-refractivity contribution in [2.45, 2.75) is 25.7 Å². The summed E-state index contributed by atoms with van der Waals surface area (Å²) in [4.78, 5) is 34.8. The van der Waals surface area contributed by atoms with Gasteiger partial charge in [-0.1, -0.05) is 23.7 Å². The number of nitrogens with one attached hydrogen (secondary N) is 2. The topological polar surface area (TPSA) is 95.5 Å². The number of benzene rings is 2. The van der Waals surface area contributed by atoms with Crippen LogP contribution in [0.15, 0.2) is 48.5 Å². The van der Waals surface area contributed by atoms with E-state index in [4.69, 9.17) is 16.7 Å². The Labute approximate surface area is 162 Å². The minimum absolute atomic E-state index is 0.172. The van der Waals surface area contributed by atoms with Gasteiger partial charge in [-0.2, -0.15) is 0 Å². The molecule has 0 bridgehead atoms. The SMILES string of the molecule is CC(C(=O)O)c1ccc(NC(=O)CCCNC(=O)c2ccc(Cl)cc2)cc1. The first-order valence-corrected chi connectivity index (χ1v) is 8.91. The van der Waals surface area contributed by atoms with Gasteiger partial charge in [0.25, 0.3) is 5.91 Å². The molecule has 0 fully saturated rings. The van der Waals surface area contributed by atoms with Crippen LogP contribution in [0.2, 0.25) is 5.02 Å². The van der Waals surface area contributed by atoms with Crippen LogP contribution in [-0.2, 0) is 9.59 Å². The summed E-state index contributed by atoms with van der Waals surface area (Å²) in [5, 5.41) is 15.1. The van der Waals surface area contributed by atoms with Gasteiger partial charge in [0.05, 0.1) is 5.92 Å². The van der Waals surface area contributed by atoms with Crippen molar-refractivity contribution >= 4 is 35.1 Å². The Morgan fingerprint density at radius 1 is 1.04 bits per heavy atom. The Kier molecular flexibility index (Phi) is 7.37. The number of carboxylic acids is 1. The van der Waals surface area contributed by atoms with Crippen LogP contribution in [0.1, 0.15) is 41.6 Å². The molecule has 0 radical (unpaired) electrons. The zero-order valence-electron chi connectivity index (χ0n) is 14.9. The number of aliphatic carboxylic acids is 1. The summed E-state index contributed by atoms with van der Waals surface area (Å²) in [6, 6.07) is 13.3. The Morgan fingerprint density at radius 3 is 2.26 bits per heavy atom. The highest BCUT2D eigenvalue weighted by Crippen LogP contribution is 2.18. The molecule has 2 aromatic carbocycles. The summed E-state index contributed by atoms with van der Waals surface area (Å²) in [6.45, 7) is 1.98. The van der Waals surface area contributed by atoms with E-state index in [-0.39, 0.29) is 18.2 Å². The van der Waals surface area contributed by atoms with Crippen LogP contribution in [-0.4, -0.2) is 29.4 Å². The molecule has 2 amide bonds.